The highest BCUT2D eigenvalue weighted by molar-refractivity contribution is 9.10. The summed E-state index contributed by atoms with van der Waals surface area (Å²) in [5.74, 6) is -2.57. The summed E-state index contributed by atoms with van der Waals surface area (Å²) in [6.45, 7) is 5.87. The van der Waals surface area contributed by atoms with Gasteiger partial charge in [-0.3, -0.25) is 0 Å². The van der Waals surface area contributed by atoms with E-state index in [0.29, 0.717) is 0 Å². The van der Waals surface area contributed by atoms with Crippen molar-refractivity contribution in [2.75, 3.05) is 0 Å². The highest BCUT2D eigenvalue weighted by atomic mass is 79.9. The number of carbonyl (C=O) groups excluding carboxylic acids is 2. The molecule has 0 N–H and O–H groups in total. The lowest BCUT2D eigenvalue weighted by Gasteiger charge is -2.29. The van der Waals surface area contributed by atoms with Gasteiger partial charge in [0.05, 0.1) is 0 Å². The van der Waals surface area contributed by atoms with Gasteiger partial charge in [0.2, 0.25) is 0 Å². The molecule has 0 radical (unpaired) electrons. The molecule has 5 nitrogen and oxygen atoms in total. The Labute approximate surface area is 142 Å². The molecule has 1 aliphatic rings. The van der Waals surface area contributed by atoms with E-state index in [2.05, 4.69) is 20.5 Å². The van der Waals surface area contributed by atoms with E-state index in [9.17, 15) is 9.59 Å². The standard InChI is InChI=1S/C17H16BrNO4/c1-4-19-9-10(12-8-11(18)5-6-14(12)19)7-13-15(20)22-17(2,3)23-16(13)21/h5-9H,4H2,1-3H3. The van der Waals surface area contributed by atoms with E-state index in [0.717, 1.165) is 27.5 Å². The zero-order valence-corrected chi connectivity index (χ0v) is 14.6. The van der Waals surface area contributed by atoms with Crippen LogP contribution >= 0.6 is 15.9 Å². The molecule has 120 valence electrons. The average Bonchev–Trinajstić information content (AvgIpc) is 2.79. The molecule has 0 aliphatic carbocycles. The lowest BCUT2D eigenvalue weighted by Crippen LogP contribution is -2.41. The lowest BCUT2D eigenvalue weighted by molar-refractivity contribution is -0.222. The molecular weight excluding hydrogens is 362 g/mol. The van der Waals surface area contributed by atoms with Gasteiger partial charge in [0.25, 0.3) is 5.79 Å². The zero-order valence-electron chi connectivity index (χ0n) is 13.1. The van der Waals surface area contributed by atoms with Crippen LogP contribution in [0.2, 0.25) is 0 Å². The first-order valence-corrected chi connectivity index (χ1v) is 8.07. The van der Waals surface area contributed by atoms with E-state index in [1.54, 1.807) is 0 Å². The minimum Gasteiger partial charge on any atom is -0.419 e. The van der Waals surface area contributed by atoms with Gasteiger partial charge in [-0.2, -0.15) is 0 Å². The van der Waals surface area contributed by atoms with Crippen LogP contribution in [0.3, 0.4) is 0 Å². The number of carbonyl (C=O) groups is 2. The summed E-state index contributed by atoms with van der Waals surface area (Å²) in [6, 6.07) is 5.90. The van der Waals surface area contributed by atoms with Gasteiger partial charge in [-0.05, 0) is 31.2 Å². The van der Waals surface area contributed by atoms with Crippen molar-refractivity contribution in [1.29, 1.82) is 0 Å². The summed E-state index contributed by atoms with van der Waals surface area (Å²) in [7, 11) is 0. The maximum Gasteiger partial charge on any atom is 0.348 e. The monoisotopic (exact) mass is 377 g/mol. The summed E-state index contributed by atoms with van der Waals surface area (Å²) in [4.78, 5) is 24.2. The number of fused-ring (bicyclic) bond motifs is 1. The molecule has 1 saturated heterocycles. The molecule has 23 heavy (non-hydrogen) atoms. The van der Waals surface area contributed by atoms with Crippen molar-refractivity contribution in [2.24, 2.45) is 0 Å². The molecule has 0 atom stereocenters. The molecule has 2 heterocycles. The van der Waals surface area contributed by atoms with Crippen LogP contribution in [0.5, 0.6) is 0 Å². The highest BCUT2D eigenvalue weighted by Gasteiger charge is 2.39. The number of rotatable bonds is 2. The van der Waals surface area contributed by atoms with Gasteiger partial charge in [-0.25, -0.2) is 9.59 Å². The van der Waals surface area contributed by atoms with E-state index in [1.807, 2.05) is 31.3 Å². The maximum atomic E-state index is 12.1. The number of aromatic nitrogens is 1. The quantitative estimate of drug-likeness (QED) is 0.455. The van der Waals surface area contributed by atoms with Crippen molar-refractivity contribution in [3.8, 4) is 0 Å². The third kappa shape index (κ3) is 2.91. The summed E-state index contributed by atoms with van der Waals surface area (Å²) in [6.07, 6.45) is 3.44. The molecule has 0 unspecified atom stereocenters. The number of hydrogen-bond donors (Lipinski definition) is 0. The second-order valence-corrected chi connectivity index (χ2v) is 6.68. The minimum atomic E-state index is -1.23. The summed E-state index contributed by atoms with van der Waals surface area (Å²) < 4.78 is 13.2. The molecule has 1 aliphatic heterocycles. The molecule has 2 aromatic rings. The Balaban J connectivity index is 2.12. The number of halogens is 1. The molecule has 1 aromatic heterocycles. The Morgan fingerprint density at radius 3 is 2.48 bits per heavy atom. The number of nitrogens with zero attached hydrogens (tertiary/aromatic N) is 1. The maximum absolute atomic E-state index is 12.1. The van der Waals surface area contributed by atoms with Crippen LogP contribution in [0.4, 0.5) is 0 Å². The Morgan fingerprint density at radius 2 is 1.87 bits per heavy atom. The smallest absolute Gasteiger partial charge is 0.348 e. The molecule has 1 fully saturated rings. The molecule has 0 bridgehead atoms. The van der Waals surface area contributed by atoms with E-state index in [-0.39, 0.29) is 5.57 Å². The molecule has 3 rings (SSSR count). The van der Waals surface area contributed by atoms with Gasteiger partial charge in [-0.1, -0.05) is 15.9 Å². The lowest BCUT2D eigenvalue weighted by atomic mass is 10.1. The predicted octanol–water partition coefficient (Wildman–Crippen LogP) is 3.64. The minimum absolute atomic E-state index is 0.0977. The number of cyclic esters (lactones) is 2. The number of ether oxygens (including phenoxy) is 2. The molecule has 0 saturated carbocycles. The van der Waals surface area contributed by atoms with Crippen LogP contribution in [0.25, 0.3) is 17.0 Å². The third-order valence-electron chi connectivity index (χ3n) is 3.63. The molecule has 0 amide bonds. The van der Waals surface area contributed by atoms with Crippen LogP contribution < -0.4 is 0 Å². The Bertz CT molecular complexity index is 826. The fraction of sp³-hybridized carbons (Fsp3) is 0.294. The SMILES string of the molecule is CCn1cc(C=C2C(=O)OC(C)(C)OC2=O)c2cc(Br)ccc21. The molecule has 0 spiro atoms. The van der Waals surface area contributed by atoms with Crippen LogP contribution in [-0.2, 0) is 25.6 Å². The third-order valence-corrected chi connectivity index (χ3v) is 4.12. The van der Waals surface area contributed by atoms with E-state index >= 15 is 0 Å². The first-order chi connectivity index (χ1) is 10.8. The topological polar surface area (TPSA) is 57.5 Å². The first kappa shape index (κ1) is 15.8. The zero-order chi connectivity index (χ0) is 16.8. The normalized spacial score (nSPS) is 17.1. The van der Waals surface area contributed by atoms with Crippen LogP contribution in [0.15, 0.2) is 34.4 Å². The van der Waals surface area contributed by atoms with E-state index < -0.39 is 17.7 Å². The molecule has 1 aromatic carbocycles. The van der Waals surface area contributed by atoms with Gasteiger partial charge in [0.1, 0.15) is 5.57 Å². The van der Waals surface area contributed by atoms with E-state index in [4.69, 9.17) is 9.47 Å². The second-order valence-electron chi connectivity index (χ2n) is 5.77. The molecular formula is C17H16BrNO4. The van der Waals surface area contributed by atoms with Gasteiger partial charge in [-0.15, -0.1) is 0 Å². The average molecular weight is 378 g/mol. The number of benzene rings is 1. The Hall–Kier alpha value is -2.08. The van der Waals surface area contributed by atoms with Crippen molar-refractivity contribution < 1.29 is 19.1 Å². The van der Waals surface area contributed by atoms with Crippen molar-refractivity contribution in [1.82, 2.24) is 4.57 Å². The predicted molar refractivity (Wildman–Crippen MR) is 89.6 cm³/mol. The highest BCUT2D eigenvalue weighted by Crippen LogP contribution is 2.29. The first-order valence-electron chi connectivity index (χ1n) is 7.27. The molecule has 6 heteroatoms. The van der Waals surface area contributed by atoms with Crippen molar-refractivity contribution in [2.45, 2.75) is 33.1 Å². The summed E-state index contributed by atoms with van der Waals surface area (Å²) in [5.41, 5.74) is 1.70. The Morgan fingerprint density at radius 1 is 1.22 bits per heavy atom. The van der Waals surface area contributed by atoms with Gasteiger partial charge in [0.15, 0.2) is 0 Å². The number of aryl methyl sites for hydroxylation is 1. The van der Waals surface area contributed by atoms with Crippen LogP contribution in [-0.4, -0.2) is 22.3 Å². The Kier molecular flexibility index (Phi) is 3.80. The van der Waals surface area contributed by atoms with Gasteiger partial charge >= 0.3 is 11.9 Å². The van der Waals surface area contributed by atoms with Crippen LogP contribution in [0, 0.1) is 0 Å². The largest absolute Gasteiger partial charge is 0.419 e. The number of hydrogen-bond acceptors (Lipinski definition) is 4. The fourth-order valence-electron chi connectivity index (χ4n) is 2.61. The fourth-order valence-corrected chi connectivity index (χ4v) is 2.97. The van der Waals surface area contributed by atoms with Crippen molar-refractivity contribution >= 4 is 44.8 Å². The second kappa shape index (κ2) is 5.53. The number of esters is 2. The van der Waals surface area contributed by atoms with Crippen molar-refractivity contribution in [3.63, 3.8) is 0 Å². The summed E-state index contributed by atoms with van der Waals surface area (Å²) >= 11 is 3.45. The van der Waals surface area contributed by atoms with Crippen LogP contribution in [0.1, 0.15) is 26.3 Å². The van der Waals surface area contributed by atoms with Crippen molar-refractivity contribution in [3.05, 3.63) is 40.0 Å². The summed E-state index contributed by atoms with van der Waals surface area (Å²) in [5, 5.41) is 0.944. The van der Waals surface area contributed by atoms with Gasteiger partial charge < -0.3 is 14.0 Å². The van der Waals surface area contributed by atoms with E-state index in [1.165, 1.54) is 19.9 Å². The van der Waals surface area contributed by atoms with Gasteiger partial charge in [0, 0.05) is 47.5 Å².